The van der Waals surface area contributed by atoms with Crippen LogP contribution in [0.4, 0.5) is 0 Å². The molecule has 2 rings (SSSR count). The number of aromatic nitrogens is 3. The second-order valence-electron chi connectivity index (χ2n) is 3.92. The Labute approximate surface area is 113 Å². The van der Waals surface area contributed by atoms with Crippen molar-refractivity contribution in [3.63, 3.8) is 0 Å². The molecule has 0 aliphatic rings. The Morgan fingerprint density at radius 1 is 1.56 bits per heavy atom. The van der Waals surface area contributed by atoms with Crippen molar-refractivity contribution >= 4 is 21.8 Å². The molecular weight excluding hydrogens is 296 g/mol. The van der Waals surface area contributed by atoms with E-state index in [1.165, 1.54) is 0 Å². The molecule has 0 atom stereocenters. The Kier molecular flexibility index (Phi) is 3.76. The summed E-state index contributed by atoms with van der Waals surface area (Å²) in [6.45, 7) is 2.34. The highest BCUT2D eigenvalue weighted by molar-refractivity contribution is 9.10. The first-order valence-electron chi connectivity index (χ1n) is 5.46. The fraction of sp³-hybridized carbons (Fsp3) is 0.250. The van der Waals surface area contributed by atoms with Crippen LogP contribution in [0.3, 0.4) is 0 Å². The molecule has 2 aromatic rings. The van der Waals surface area contributed by atoms with Gasteiger partial charge in [-0.3, -0.25) is 14.5 Å². The van der Waals surface area contributed by atoms with Crippen LogP contribution >= 0.6 is 15.9 Å². The number of amides is 1. The average Bonchev–Trinajstić information content (AvgIpc) is 2.65. The van der Waals surface area contributed by atoms with Crippen molar-refractivity contribution < 1.29 is 4.79 Å². The number of hydrogen-bond acceptors (Lipinski definition) is 3. The van der Waals surface area contributed by atoms with Crippen LogP contribution in [0.1, 0.15) is 21.7 Å². The van der Waals surface area contributed by atoms with E-state index in [2.05, 4.69) is 31.3 Å². The van der Waals surface area contributed by atoms with E-state index < -0.39 is 0 Å². The van der Waals surface area contributed by atoms with Gasteiger partial charge in [0.05, 0.1) is 10.2 Å². The van der Waals surface area contributed by atoms with Crippen LogP contribution < -0.4 is 5.32 Å². The van der Waals surface area contributed by atoms with Crippen LogP contribution in [0.5, 0.6) is 0 Å². The molecule has 0 unspecified atom stereocenters. The summed E-state index contributed by atoms with van der Waals surface area (Å²) >= 11 is 3.37. The summed E-state index contributed by atoms with van der Waals surface area (Å²) in [7, 11) is 1.80. The minimum Gasteiger partial charge on any atom is -0.346 e. The molecule has 6 heteroatoms. The van der Waals surface area contributed by atoms with E-state index in [0.717, 1.165) is 15.7 Å². The summed E-state index contributed by atoms with van der Waals surface area (Å²) in [4.78, 5) is 16.0. The number of carbonyl (C=O) groups excluding carboxylic acids is 1. The van der Waals surface area contributed by atoms with E-state index in [1.54, 1.807) is 24.1 Å². The number of aryl methyl sites for hydroxylation is 1. The van der Waals surface area contributed by atoms with Gasteiger partial charge in [0.15, 0.2) is 5.69 Å². The maximum absolute atomic E-state index is 12.0. The third-order valence-corrected chi connectivity index (χ3v) is 3.60. The van der Waals surface area contributed by atoms with Crippen LogP contribution in [-0.2, 0) is 13.6 Å². The smallest absolute Gasteiger partial charge is 0.273 e. The van der Waals surface area contributed by atoms with Crippen molar-refractivity contribution in [3.05, 3.63) is 46.0 Å². The summed E-state index contributed by atoms with van der Waals surface area (Å²) in [6, 6.07) is 3.74. The molecule has 1 N–H and O–H groups in total. The Bertz CT molecular complexity index is 565. The number of carbonyl (C=O) groups is 1. The second kappa shape index (κ2) is 5.30. The summed E-state index contributed by atoms with van der Waals surface area (Å²) in [5.74, 6) is -0.200. The van der Waals surface area contributed by atoms with Crippen molar-refractivity contribution in [3.8, 4) is 0 Å². The van der Waals surface area contributed by atoms with E-state index in [-0.39, 0.29) is 5.91 Å². The molecule has 0 fully saturated rings. The highest BCUT2D eigenvalue weighted by Crippen LogP contribution is 2.19. The van der Waals surface area contributed by atoms with Crippen molar-refractivity contribution in [1.82, 2.24) is 20.1 Å². The van der Waals surface area contributed by atoms with Crippen molar-refractivity contribution in [2.45, 2.75) is 13.5 Å². The minimum absolute atomic E-state index is 0.200. The monoisotopic (exact) mass is 308 g/mol. The highest BCUT2D eigenvalue weighted by Gasteiger charge is 2.17. The van der Waals surface area contributed by atoms with Gasteiger partial charge < -0.3 is 5.32 Å². The van der Waals surface area contributed by atoms with Gasteiger partial charge in [0.2, 0.25) is 0 Å². The molecule has 0 aliphatic heterocycles. The van der Waals surface area contributed by atoms with Gasteiger partial charge in [-0.05, 0) is 34.5 Å². The third-order valence-electron chi connectivity index (χ3n) is 2.65. The highest BCUT2D eigenvalue weighted by atomic mass is 79.9. The zero-order valence-electron chi connectivity index (χ0n) is 10.1. The topological polar surface area (TPSA) is 59.8 Å². The predicted octanol–water partition coefficient (Wildman–Crippen LogP) is 1.82. The lowest BCUT2D eigenvalue weighted by Crippen LogP contribution is -2.23. The second-order valence-corrected chi connectivity index (χ2v) is 4.71. The largest absolute Gasteiger partial charge is 0.346 e. The van der Waals surface area contributed by atoms with Gasteiger partial charge in [0.25, 0.3) is 5.91 Å². The Balaban J connectivity index is 2.06. The van der Waals surface area contributed by atoms with E-state index in [9.17, 15) is 4.79 Å². The molecule has 2 heterocycles. The van der Waals surface area contributed by atoms with E-state index in [1.807, 2.05) is 19.1 Å². The average molecular weight is 309 g/mol. The number of hydrogen-bond donors (Lipinski definition) is 1. The number of nitrogens with one attached hydrogen (secondary N) is 1. The van der Waals surface area contributed by atoms with Crippen LogP contribution in [0.15, 0.2) is 29.0 Å². The maximum atomic E-state index is 12.0. The van der Waals surface area contributed by atoms with Gasteiger partial charge in [-0.1, -0.05) is 6.07 Å². The Morgan fingerprint density at radius 3 is 2.89 bits per heavy atom. The maximum Gasteiger partial charge on any atom is 0.273 e. The lowest BCUT2D eigenvalue weighted by atomic mass is 10.3. The quantitative estimate of drug-likeness (QED) is 0.941. The molecule has 0 radical (unpaired) electrons. The molecule has 0 aromatic carbocycles. The number of nitrogens with zero attached hydrogens (tertiary/aromatic N) is 3. The van der Waals surface area contributed by atoms with Crippen LogP contribution in [0, 0.1) is 6.92 Å². The molecule has 0 bridgehead atoms. The first-order valence-corrected chi connectivity index (χ1v) is 6.25. The van der Waals surface area contributed by atoms with Crippen molar-refractivity contribution in [1.29, 1.82) is 0 Å². The molecule has 0 spiro atoms. The molecule has 1 amide bonds. The van der Waals surface area contributed by atoms with Crippen molar-refractivity contribution in [2.75, 3.05) is 0 Å². The molecule has 0 saturated heterocycles. The van der Waals surface area contributed by atoms with Crippen LogP contribution in [0.2, 0.25) is 0 Å². The minimum atomic E-state index is -0.200. The summed E-state index contributed by atoms with van der Waals surface area (Å²) in [6.07, 6.45) is 3.42. The number of pyridine rings is 1. The van der Waals surface area contributed by atoms with E-state index in [4.69, 9.17) is 0 Å². The fourth-order valence-electron chi connectivity index (χ4n) is 1.50. The first-order chi connectivity index (χ1) is 8.59. The van der Waals surface area contributed by atoms with Gasteiger partial charge in [0, 0.05) is 26.0 Å². The Morgan fingerprint density at radius 2 is 2.33 bits per heavy atom. The molecular formula is C12H13BrN4O. The normalized spacial score (nSPS) is 10.4. The van der Waals surface area contributed by atoms with E-state index >= 15 is 0 Å². The first kappa shape index (κ1) is 12.8. The fourth-order valence-corrected chi connectivity index (χ4v) is 2.01. The van der Waals surface area contributed by atoms with Gasteiger partial charge in [-0.25, -0.2) is 0 Å². The zero-order valence-corrected chi connectivity index (χ0v) is 11.7. The Hall–Kier alpha value is -1.69. The summed E-state index contributed by atoms with van der Waals surface area (Å²) < 4.78 is 2.40. The van der Waals surface area contributed by atoms with Gasteiger partial charge in [0.1, 0.15) is 0 Å². The molecule has 0 aliphatic carbocycles. The molecule has 0 saturated carbocycles. The molecule has 2 aromatic heterocycles. The van der Waals surface area contributed by atoms with Gasteiger partial charge >= 0.3 is 0 Å². The summed E-state index contributed by atoms with van der Waals surface area (Å²) in [5, 5.41) is 6.98. The third kappa shape index (κ3) is 2.59. The molecule has 94 valence electrons. The molecule has 5 nitrogen and oxygen atoms in total. The standard InChI is InChI=1S/C12H13BrN4O/c1-8-10(13)11(16-17(8)2)12(18)15-7-9-4-3-5-14-6-9/h3-6H,7H2,1-2H3,(H,15,18). The number of rotatable bonds is 3. The lowest BCUT2D eigenvalue weighted by molar-refractivity contribution is 0.0944. The van der Waals surface area contributed by atoms with Gasteiger partial charge in [-0.2, -0.15) is 5.10 Å². The predicted molar refractivity (Wildman–Crippen MR) is 71.1 cm³/mol. The SMILES string of the molecule is Cc1c(Br)c(C(=O)NCc2cccnc2)nn1C. The lowest BCUT2D eigenvalue weighted by Gasteiger charge is -2.03. The van der Waals surface area contributed by atoms with E-state index in [0.29, 0.717) is 12.2 Å². The molecule has 18 heavy (non-hydrogen) atoms. The van der Waals surface area contributed by atoms with Crippen molar-refractivity contribution in [2.24, 2.45) is 7.05 Å². The van der Waals surface area contributed by atoms with Crippen LogP contribution in [0.25, 0.3) is 0 Å². The zero-order chi connectivity index (χ0) is 13.1. The van der Waals surface area contributed by atoms with Crippen LogP contribution in [-0.4, -0.2) is 20.7 Å². The summed E-state index contributed by atoms with van der Waals surface area (Å²) in [5.41, 5.74) is 2.27. The number of halogens is 1. The van der Waals surface area contributed by atoms with Gasteiger partial charge in [-0.15, -0.1) is 0 Å².